The summed E-state index contributed by atoms with van der Waals surface area (Å²) >= 11 is 0. The number of carbonyl (C=O) groups is 2. The molecule has 6 heteroatoms. The summed E-state index contributed by atoms with van der Waals surface area (Å²) in [6, 6.07) is -0.972. The van der Waals surface area contributed by atoms with Gasteiger partial charge in [0.15, 0.2) is 6.39 Å². The van der Waals surface area contributed by atoms with Gasteiger partial charge >= 0.3 is 5.97 Å². The number of carbonyl (C=O) groups excluding carboxylic acids is 1. The molecule has 0 saturated heterocycles. The highest BCUT2D eigenvalue weighted by atomic mass is 16.4. The zero-order valence-electron chi connectivity index (χ0n) is 7.56. The number of nitrogens with one attached hydrogen (secondary N) is 1. The highest BCUT2D eigenvalue weighted by Gasteiger charge is 2.20. The predicted octanol–water partition coefficient (Wildman–Crippen LogP) is -0.194. The van der Waals surface area contributed by atoms with E-state index in [0.717, 1.165) is 0 Å². The quantitative estimate of drug-likeness (QED) is 0.699. The molecular formula is C8H10N2O4. The maximum Gasteiger partial charge on any atom is 0.326 e. The maximum atomic E-state index is 10.7. The van der Waals surface area contributed by atoms with Crippen molar-refractivity contribution in [3.05, 3.63) is 18.4 Å². The van der Waals surface area contributed by atoms with Crippen LogP contribution in [0.3, 0.4) is 0 Å². The maximum absolute atomic E-state index is 10.7. The fourth-order valence-corrected chi connectivity index (χ4v) is 0.990. The fraction of sp³-hybridized carbons (Fsp3) is 0.375. The molecule has 0 spiro atoms. The SMILES string of the molecule is CC(=O)NC(Cc1cnco1)C(=O)O. The summed E-state index contributed by atoms with van der Waals surface area (Å²) in [6.07, 6.45) is 2.72. The van der Waals surface area contributed by atoms with Crippen LogP contribution in [0.2, 0.25) is 0 Å². The van der Waals surface area contributed by atoms with Crippen LogP contribution in [0, 0.1) is 0 Å². The van der Waals surface area contributed by atoms with Crippen LogP contribution in [0.4, 0.5) is 0 Å². The standard InChI is InChI=1S/C8H10N2O4/c1-5(11)10-7(8(12)13)2-6-3-9-4-14-6/h3-4,7H,2H2,1H3,(H,10,11)(H,12,13). The second-order valence-electron chi connectivity index (χ2n) is 2.76. The van der Waals surface area contributed by atoms with Gasteiger partial charge in [-0.1, -0.05) is 0 Å². The Bertz CT molecular complexity index is 320. The van der Waals surface area contributed by atoms with E-state index in [4.69, 9.17) is 9.52 Å². The van der Waals surface area contributed by atoms with Gasteiger partial charge in [-0.2, -0.15) is 0 Å². The summed E-state index contributed by atoms with van der Waals surface area (Å²) in [5, 5.41) is 11.0. The Labute approximate surface area is 79.9 Å². The Hall–Kier alpha value is -1.85. The molecular weight excluding hydrogens is 188 g/mol. The third-order valence-electron chi connectivity index (χ3n) is 1.56. The summed E-state index contributed by atoms with van der Waals surface area (Å²) in [4.78, 5) is 25.0. The number of carboxylic acid groups (broad SMARTS) is 1. The number of nitrogens with zero attached hydrogens (tertiary/aromatic N) is 1. The first kappa shape index (κ1) is 10.2. The predicted molar refractivity (Wildman–Crippen MR) is 45.4 cm³/mol. The number of hydrogen-bond acceptors (Lipinski definition) is 4. The molecule has 1 aromatic heterocycles. The number of rotatable bonds is 4. The molecule has 1 rings (SSSR count). The van der Waals surface area contributed by atoms with E-state index in [0.29, 0.717) is 5.76 Å². The smallest absolute Gasteiger partial charge is 0.326 e. The first-order valence-corrected chi connectivity index (χ1v) is 3.97. The Kier molecular flexibility index (Phi) is 3.22. The Morgan fingerprint density at radius 2 is 2.43 bits per heavy atom. The van der Waals surface area contributed by atoms with E-state index in [-0.39, 0.29) is 6.42 Å². The third-order valence-corrected chi connectivity index (χ3v) is 1.56. The molecule has 0 saturated carbocycles. The summed E-state index contributed by atoms with van der Waals surface area (Å²) < 4.78 is 4.87. The molecule has 1 aromatic rings. The van der Waals surface area contributed by atoms with Crippen LogP contribution in [0.25, 0.3) is 0 Å². The minimum absolute atomic E-state index is 0.0922. The molecule has 0 fully saturated rings. The van der Waals surface area contributed by atoms with Crippen molar-refractivity contribution in [2.45, 2.75) is 19.4 Å². The molecule has 76 valence electrons. The summed E-state index contributed by atoms with van der Waals surface area (Å²) in [6.45, 7) is 1.26. The zero-order chi connectivity index (χ0) is 10.6. The van der Waals surface area contributed by atoms with Crippen molar-refractivity contribution >= 4 is 11.9 Å². The second-order valence-corrected chi connectivity index (χ2v) is 2.76. The van der Waals surface area contributed by atoms with Crippen molar-refractivity contribution in [3.63, 3.8) is 0 Å². The van der Waals surface area contributed by atoms with Gasteiger partial charge in [0.1, 0.15) is 11.8 Å². The number of hydrogen-bond donors (Lipinski definition) is 2. The van der Waals surface area contributed by atoms with E-state index >= 15 is 0 Å². The fourth-order valence-electron chi connectivity index (χ4n) is 0.990. The molecule has 6 nitrogen and oxygen atoms in total. The van der Waals surface area contributed by atoms with E-state index in [2.05, 4.69) is 10.3 Å². The van der Waals surface area contributed by atoms with Crippen molar-refractivity contribution in [2.75, 3.05) is 0 Å². The Morgan fingerprint density at radius 1 is 1.71 bits per heavy atom. The van der Waals surface area contributed by atoms with Gasteiger partial charge in [0.25, 0.3) is 0 Å². The molecule has 1 amide bonds. The third kappa shape index (κ3) is 2.89. The van der Waals surface area contributed by atoms with E-state index in [1.807, 2.05) is 0 Å². The van der Waals surface area contributed by atoms with E-state index in [1.165, 1.54) is 19.5 Å². The van der Waals surface area contributed by atoms with Gasteiger partial charge in [-0.15, -0.1) is 0 Å². The van der Waals surface area contributed by atoms with Gasteiger partial charge in [-0.25, -0.2) is 9.78 Å². The molecule has 0 aliphatic rings. The normalized spacial score (nSPS) is 12.1. The lowest BCUT2D eigenvalue weighted by molar-refractivity contribution is -0.141. The zero-order valence-corrected chi connectivity index (χ0v) is 7.56. The lowest BCUT2D eigenvalue weighted by Gasteiger charge is -2.10. The van der Waals surface area contributed by atoms with Crippen LogP contribution in [0.15, 0.2) is 17.0 Å². The molecule has 0 aromatic carbocycles. The van der Waals surface area contributed by atoms with Gasteiger partial charge in [-0.05, 0) is 0 Å². The average molecular weight is 198 g/mol. The second kappa shape index (κ2) is 4.40. The molecule has 0 aliphatic carbocycles. The van der Waals surface area contributed by atoms with Gasteiger partial charge in [0, 0.05) is 13.3 Å². The van der Waals surface area contributed by atoms with Crippen LogP contribution >= 0.6 is 0 Å². The number of aliphatic carboxylic acids is 1. The van der Waals surface area contributed by atoms with Gasteiger partial charge in [0.2, 0.25) is 5.91 Å². The van der Waals surface area contributed by atoms with E-state index < -0.39 is 17.9 Å². The molecule has 1 heterocycles. The molecule has 1 atom stereocenters. The molecule has 0 bridgehead atoms. The topological polar surface area (TPSA) is 92.4 Å². The van der Waals surface area contributed by atoms with Gasteiger partial charge in [-0.3, -0.25) is 4.79 Å². The minimum atomic E-state index is -1.10. The van der Waals surface area contributed by atoms with Crippen LogP contribution in [0.1, 0.15) is 12.7 Å². The molecule has 1 unspecified atom stereocenters. The molecule has 0 radical (unpaired) electrons. The largest absolute Gasteiger partial charge is 0.480 e. The number of oxazole rings is 1. The van der Waals surface area contributed by atoms with Crippen molar-refractivity contribution in [1.29, 1.82) is 0 Å². The highest BCUT2D eigenvalue weighted by molar-refractivity contribution is 5.82. The van der Waals surface area contributed by atoms with E-state index in [9.17, 15) is 9.59 Å². The molecule has 2 N–H and O–H groups in total. The molecule has 0 aliphatic heterocycles. The van der Waals surface area contributed by atoms with Crippen LogP contribution in [0.5, 0.6) is 0 Å². The van der Waals surface area contributed by atoms with Crippen LogP contribution < -0.4 is 5.32 Å². The van der Waals surface area contributed by atoms with Crippen molar-refractivity contribution < 1.29 is 19.1 Å². The van der Waals surface area contributed by atoms with Crippen LogP contribution in [-0.2, 0) is 16.0 Å². The van der Waals surface area contributed by atoms with Crippen LogP contribution in [-0.4, -0.2) is 28.0 Å². The average Bonchev–Trinajstić information content (AvgIpc) is 2.54. The first-order valence-electron chi connectivity index (χ1n) is 3.97. The summed E-state index contributed by atoms with van der Waals surface area (Å²) in [5.74, 6) is -1.07. The van der Waals surface area contributed by atoms with Crippen molar-refractivity contribution in [3.8, 4) is 0 Å². The summed E-state index contributed by atoms with van der Waals surface area (Å²) in [7, 11) is 0. The van der Waals surface area contributed by atoms with Gasteiger partial charge < -0.3 is 14.8 Å². The Balaban J connectivity index is 2.60. The monoisotopic (exact) mass is 198 g/mol. The number of carboxylic acids is 1. The highest BCUT2D eigenvalue weighted by Crippen LogP contribution is 2.02. The lowest BCUT2D eigenvalue weighted by atomic mass is 10.2. The lowest BCUT2D eigenvalue weighted by Crippen LogP contribution is -2.41. The number of amides is 1. The minimum Gasteiger partial charge on any atom is -0.480 e. The summed E-state index contributed by atoms with van der Waals surface area (Å²) in [5.41, 5.74) is 0. The van der Waals surface area contributed by atoms with Crippen molar-refractivity contribution in [1.82, 2.24) is 10.3 Å². The Morgan fingerprint density at radius 3 is 2.86 bits per heavy atom. The van der Waals surface area contributed by atoms with Crippen molar-refractivity contribution in [2.24, 2.45) is 0 Å². The number of aromatic nitrogens is 1. The van der Waals surface area contributed by atoms with E-state index in [1.54, 1.807) is 0 Å². The molecule has 14 heavy (non-hydrogen) atoms. The van der Waals surface area contributed by atoms with Gasteiger partial charge in [0.05, 0.1) is 6.20 Å². The first-order chi connectivity index (χ1) is 6.59.